The molecule has 38 heavy (non-hydrogen) atoms. The van der Waals surface area contributed by atoms with Crippen LogP contribution in [0.4, 0.5) is 34.1 Å². The fraction of sp³-hybridized carbons (Fsp3) is 0. The van der Waals surface area contributed by atoms with Crippen LogP contribution in [0.15, 0.2) is 170 Å². The van der Waals surface area contributed by atoms with Gasteiger partial charge in [-0.2, -0.15) is 0 Å². The summed E-state index contributed by atoms with van der Waals surface area (Å²) in [5.41, 5.74) is 9.13. The van der Waals surface area contributed by atoms with E-state index in [1.165, 1.54) is 11.1 Å². The van der Waals surface area contributed by atoms with Crippen molar-refractivity contribution in [1.29, 1.82) is 0 Å². The number of anilines is 6. The molecule has 0 unspecified atom stereocenters. The second-order valence-electron chi connectivity index (χ2n) is 9.11. The van der Waals surface area contributed by atoms with Gasteiger partial charge in [-0.3, -0.25) is 0 Å². The van der Waals surface area contributed by atoms with E-state index in [4.69, 9.17) is 0 Å². The number of rotatable bonds is 7. The molecule has 0 aliphatic heterocycles. The van der Waals surface area contributed by atoms with Crippen LogP contribution in [-0.2, 0) is 0 Å². The SMILES string of the molecule is c1ccc(-c2ccc(N(c3ccccc3)c3ccc(N(c4ccccc4)c4ccccc4)cc3)cc2)cc1. The molecule has 0 atom stereocenters. The third-order valence-corrected chi connectivity index (χ3v) is 6.64. The van der Waals surface area contributed by atoms with E-state index in [-0.39, 0.29) is 0 Å². The monoisotopic (exact) mass is 488 g/mol. The van der Waals surface area contributed by atoms with Crippen LogP contribution in [0.2, 0.25) is 0 Å². The van der Waals surface area contributed by atoms with Crippen molar-refractivity contribution in [1.82, 2.24) is 0 Å². The Morgan fingerprint density at radius 2 is 0.447 bits per heavy atom. The summed E-state index contributed by atoms with van der Waals surface area (Å²) in [5.74, 6) is 0. The maximum absolute atomic E-state index is 2.30. The molecular formula is C36H28N2. The molecule has 2 nitrogen and oxygen atoms in total. The highest BCUT2D eigenvalue weighted by molar-refractivity contribution is 5.81. The number of para-hydroxylation sites is 3. The molecule has 0 radical (unpaired) electrons. The minimum absolute atomic E-state index is 1.11. The number of hydrogen-bond donors (Lipinski definition) is 0. The average molecular weight is 489 g/mol. The summed E-state index contributed by atoms with van der Waals surface area (Å²) in [7, 11) is 0. The molecule has 0 N–H and O–H groups in total. The average Bonchev–Trinajstić information content (AvgIpc) is 3.01. The molecule has 0 amide bonds. The lowest BCUT2D eigenvalue weighted by molar-refractivity contribution is 1.26. The lowest BCUT2D eigenvalue weighted by atomic mass is 10.0. The first-order valence-electron chi connectivity index (χ1n) is 12.9. The van der Waals surface area contributed by atoms with Crippen LogP contribution >= 0.6 is 0 Å². The highest BCUT2D eigenvalue weighted by atomic mass is 15.2. The van der Waals surface area contributed by atoms with Crippen molar-refractivity contribution in [3.8, 4) is 11.1 Å². The van der Waals surface area contributed by atoms with Gasteiger partial charge in [0.1, 0.15) is 0 Å². The summed E-state index contributed by atoms with van der Waals surface area (Å²) < 4.78 is 0. The molecule has 0 fully saturated rings. The Labute approximate surface area is 224 Å². The molecular weight excluding hydrogens is 460 g/mol. The molecule has 6 aromatic rings. The van der Waals surface area contributed by atoms with Gasteiger partial charge in [0, 0.05) is 34.1 Å². The second kappa shape index (κ2) is 10.9. The molecule has 0 aliphatic rings. The highest BCUT2D eigenvalue weighted by Gasteiger charge is 2.15. The van der Waals surface area contributed by atoms with E-state index in [2.05, 4.69) is 180 Å². The summed E-state index contributed by atoms with van der Waals surface area (Å²) in [6.45, 7) is 0. The summed E-state index contributed by atoms with van der Waals surface area (Å²) in [5, 5.41) is 0. The fourth-order valence-corrected chi connectivity index (χ4v) is 4.81. The standard InChI is InChI=1S/C36H28N2/c1-5-13-29(14-6-1)30-21-23-34(24-22-30)38(33-19-11-4-12-20-33)36-27-25-35(26-28-36)37(31-15-7-2-8-16-31)32-17-9-3-10-18-32/h1-28H. The van der Waals surface area contributed by atoms with E-state index in [1.54, 1.807) is 0 Å². The molecule has 182 valence electrons. The Morgan fingerprint density at radius 1 is 0.211 bits per heavy atom. The molecule has 0 saturated heterocycles. The van der Waals surface area contributed by atoms with Crippen molar-refractivity contribution in [2.24, 2.45) is 0 Å². The van der Waals surface area contributed by atoms with Gasteiger partial charge >= 0.3 is 0 Å². The summed E-state index contributed by atoms with van der Waals surface area (Å²) in [6, 6.07) is 59.6. The van der Waals surface area contributed by atoms with E-state index < -0.39 is 0 Å². The van der Waals surface area contributed by atoms with E-state index in [0.29, 0.717) is 0 Å². The van der Waals surface area contributed by atoms with Gasteiger partial charge in [-0.25, -0.2) is 0 Å². The maximum atomic E-state index is 2.30. The van der Waals surface area contributed by atoms with Gasteiger partial charge in [-0.1, -0.05) is 97.1 Å². The Morgan fingerprint density at radius 3 is 0.789 bits per heavy atom. The predicted molar refractivity (Wildman–Crippen MR) is 161 cm³/mol. The van der Waals surface area contributed by atoms with Crippen molar-refractivity contribution in [2.45, 2.75) is 0 Å². The van der Waals surface area contributed by atoms with Gasteiger partial charge in [-0.15, -0.1) is 0 Å². The first kappa shape index (κ1) is 23.3. The molecule has 0 aromatic heterocycles. The number of hydrogen-bond acceptors (Lipinski definition) is 2. The molecule has 0 heterocycles. The molecule has 6 rings (SSSR count). The van der Waals surface area contributed by atoms with E-state index >= 15 is 0 Å². The van der Waals surface area contributed by atoms with Crippen LogP contribution in [-0.4, -0.2) is 0 Å². The Kier molecular flexibility index (Phi) is 6.69. The summed E-state index contributed by atoms with van der Waals surface area (Å²) in [4.78, 5) is 4.58. The zero-order valence-electron chi connectivity index (χ0n) is 21.1. The van der Waals surface area contributed by atoms with Crippen LogP contribution in [0, 0.1) is 0 Å². The molecule has 6 aromatic carbocycles. The molecule has 2 heteroatoms. The van der Waals surface area contributed by atoms with E-state index in [9.17, 15) is 0 Å². The first-order valence-corrected chi connectivity index (χ1v) is 12.9. The van der Waals surface area contributed by atoms with Gasteiger partial charge in [0.15, 0.2) is 0 Å². The Balaban J connectivity index is 1.38. The smallest absolute Gasteiger partial charge is 0.0463 e. The van der Waals surface area contributed by atoms with Crippen LogP contribution in [0.1, 0.15) is 0 Å². The minimum Gasteiger partial charge on any atom is -0.311 e. The van der Waals surface area contributed by atoms with Gasteiger partial charge in [0.25, 0.3) is 0 Å². The highest BCUT2D eigenvalue weighted by Crippen LogP contribution is 2.39. The van der Waals surface area contributed by atoms with Crippen molar-refractivity contribution in [3.63, 3.8) is 0 Å². The lowest BCUT2D eigenvalue weighted by Crippen LogP contribution is -2.12. The molecule has 0 bridgehead atoms. The summed E-state index contributed by atoms with van der Waals surface area (Å²) in [6.07, 6.45) is 0. The quantitative estimate of drug-likeness (QED) is 0.220. The second-order valence-corrected chi connectivity index (χ2v) is 9.11. The minimum atomic E-state index is 1.11. The zero-order valence-corrected chi connectivity index (χ0v) is 21.1. The van der Waals surface area contributed by atoms with E-state index in [1.807, 2.05) is 0 Å². The third-order valence-electron chi connectivity index (χ3n) is 6.64. The lowest BCUT2D eigenvalue weighted by Gasteiger charge is -2.28. The van der Waals surface area contributed by atoms with Crippen LogP contribution in [0.5, 0.6) is 0 Å². The van der Waals surface area contributed by atoms with Gasteiger partial charge in [-0.05, 0) is 83.9 Å². The zero-order chi connectivity index (χ0) is 25.6. The van der Waals surface area contributed by atoms with Gasteiger partial charge < -0.3 is 9.80 Å². The van der Waals surface area contributed by atoms with E-state index in [0.717, 1.165) is 34.1 Å². The summed E-state index contributed by atoms with van der Waals surface area (Å²) >= 11 is 0. The Hall–Kier alpha value is -5.08. The normalized spacial score (nSPS) is 10.6. The third kappa shape index (κ3) is 4.93. The maximum Gasteiger partial charge on any atom is 0.0463 e. The molecule has 0 spiro atoms. The number of nitrogens with zero attached hydrogens (tertiary/aromatic N) is 2. The molecule has 0 saturated carbocycles. The number of benzene rings is 6. The van der Waals surface area contributed by atoms with Gasteiger partial charge in [0.2, 0.25) is 0 Å². The van der Waals surface area contributed by atoms with Crippen molar-refractivity contribution >= 4 is 34.1 Å². The van der Waals surface area contributed by atoms with Crippen molar-refractivity contribution in [3.05, 3.63) is 170 Å². The van der Waals surface area contributed by atoms with Crippen LogP contribution in [0.3, 0.4) is 0 Å². The largest absolute Gasteiger partial charge is 0.311 e. The van der Waals surface area contributed by atoms with Gasteiger partial charge in [0.05, 0.1) is 0 Å². The topological polar surface area (TPSA) is 6.48 Å². The van der Waals surface area contributed by atoms with Crippen molar-refractivity contribution < 1.29 is 0 Å². The fourth-order valence-electron chi connectivity index (χ4n) is 4.81. The Bertz CT molecular complexity index is 1520. The predicted octanol–water partition coefficient (Wildman–Crippen LogP) is 10.3. The van der Waals surface area contributed by atoms with Crippen LogP contribution < -0.4 is 9.80 Å². The van der Waals surface area contributed by atoms with Crippen molar-refractivity contribution in [2.75, 3.05) is 9.80 Å². The molecule has 0 aliphatic carbocycles. The van der Waals surface area contributed by atoms with Crippen LogP contribution in [0.25, 0.3) is 11.1 Å². The first-order chi connectivity index (χ1) is 18.9.